The van der Waals surface area contributed by atoms with Gasteiger partial charge in [0, 0.05) is 26.2 Å². The van der Waals surface area contributed by atoms with Crippen LogP contribution in [0.1, 0.15) is 42.9 Å². The molecule has 1 aliphatic rings. The number of hydrogen-bond acceptors (Lipinski definition) is 3. The van der Waals surface area contributed by atoms with Crippen molar-refractivity contribution in [2.45, 2.75) is 45.7 Å². The van der Waals surface area contributed by atoms with Crippen molar-refractivity contribution in [1.29, 1.82) is 0 Å². The summed E-state index contributed by atoms with van der Waals surface area (Å²) in [4.78, 5) is 14.3. The third-order valence-electron chi connectivity index (χ3n) is 3.71. The minimum Gasteiger partial charge on any atom is -0.339 e. The molecule has 1 atom stereocenters. The Bertz CT molecular complexity index is 435. The monoisotopic (exact) mass is 264 g/mol. The van der Waals surface area contributed by atoms with Crippen molar-refractivity contribution in [2.24, 2.45) is 0 Å². The number of carbonyl (C=O) groups excluding carboxylic acids is 1. The first kappa shape index (κ1) is 14.1. The summed E-state index contributed by atoms with van der Waals surface area (Å²) < 4.78 is 1.81. The van der Waals surface area contributed by atoms with E-state index in [9.17, 15) is 4.79 Å². The summed E-state index contributed by atoms with van der Waals surface area (Å²) in [5.41, 5.74) is 1.69. The molecular formula is C14H24N4O. The van der Waals surface area contributed by atoms with Crippen molar-refractivity contribution in [2.75, 3.05) is 20.1 Å². The third kappa shape index (κ3) is 3.15. The summed E-state index contributed by atoms with van der Waals surface area (Å²) in [6.07, 6.45) is 3.23. The third-order valence-corrected chi connectivity index (χ3v) is 3.71. The summed E-state index contributed by atoms with van der Waals surface area (Å²) in [5.74, 6) is 0.0720. The Morgan fingerprint density at radius 3 is 2.95 bits per heavy atom. The fourth-order valence-corrected chi connectivity index (χ4v) is 2.58. The van der Waals surface area contributed by atoms with E-state index in [1.165, 1.54) is 6.42 Å². The van der Waals surface area contributed by atoms with Gasteiger partial charge in [-0.3, -0.25) is 9.48 Å². The Balaban J connectivity index is 2.06. The molecule has 1 unspecified atom stereocenters. The predicted octanol–water partition coefficient (Wildman–Crippen LogP) is 1.29. The second kappa shape index (κ2) is 6.19. The molecule has 1 fully saturated rings. The quantitative estimate of drug-likeness (QED) is 0.872. The fourth-order valence-electron chi connectivity index (χ4n) is 2.58. The highest BCUT2D eigenvalue weighted by Gasteiger charge is 2.22. The van der Waals surface area contributed by atoms with Gasteiger partial charge in [-0.2, -0.15) is 5.10 Å². The topological polar surface area (TPSA) is 50.2 Å². The molecule has 5 heteroatoms. The molecule has 1 aliphatic heterocycles. The van der Waals surface area contributed by atoms with E-state index in [1.54, 1.807) is 4.68 Å². The Morgan fingerprint density at radius 1 is 1.58 bits per heavy atom. The van der Waals surface area contributed by atoms with Crippen LogP contribution in [0.3, 0.4) is 0 Å². The molecule has 0 saturated carbocycles. The zero-order valence-electron chi connectivity index (χ0n) is 12.1. The van der Waals surface area contributed by atoms with Gasteiger partial charge in [0.1, 0.15) is 5.69 Å². The van der Waals surface area contributed by atoms with E-state index >= 15 is 0 Å². The number of likely N-dealkylation sites (N-methyl/N-ethyl adjacent to an activating group) is 1. The highest BCUT2D eigenvalue weighted by molar-refractivity contribution is 5.92. The lowest BCUT2D eigenvalue weighted by Gasteiger charge is -2.21. The largest absolute Gasteiger partial charge is 0.339 e. The minimum atomic E-state index is 0.0720. The van der Waals surface area contributed by atoms with Gasteiger partial charge in [0.15, 0.2) is 0 Å². The van der Waals surface area contributed by atoms with Crippen molar-refractivity contribution in [3.8, 4) is 0 Å². The lowest BCUT2D eigenvalue weighted by atomic mass is 10.2. The maximum atomic E-state index is 12.5. The average molecular weight is 264 g/mol. The van der Waals surface area contributed by atoms with Gasteiger partial charge in [0.2, 0.25) is 0 Å². The van der Waals surface area contributed by atoms with Crippen molar-refractivity contribution < 1.29 is 4.79 Å². The maximum Gasteiger partial charge on any atom is 0.271 e. The molecular weight excluding hydrogens is 240 g/mol. The average Bonchev–Trinajstić information content (AvgIpc) is 3.05. The van der Waals surface area contributed by atoms with Crippen LogP contribution in [0, 0.1) is 0 Å². The summed E-state index contributed by atoms with van der Waals surface area (Å²) in [6, 6.07) is 2.36. The van der Waals surface area contributed by atoms with E-state index in [2.05, 4.69) is 17.3 Å². The molecule has 0 spiro atoms. The summed E-state index contributed by atoms with van der Waals surface area (Å²) >= 11 is 0. The van der Waals surface area contributed by atoms with Crippen molar-refractivity contribution in [3.05, 3.63) is 17.5 Å². The zero-order chi connectivity index (χ0) is 13.8. The van der Waals surface area contributed by atoms with E-state index in [0.29, 0.717) is 11.7 Å². The van der Waals surface area contributed by atoms with Crippen LogP contribution in [0.15, 0.2) is 6.07 Å². The molecule has 1 amide bonds. The first-order valence-corrected chi connectivity index (χ1v) is 7.21. The summed E-state index contributed by atoms with van der Waals surface area (Å²) in [7, 11) is 1.88. The summed E-state index contributed by atoms with van der Waals surface area (Å²) in [6.45, 7) is 6.65. The maximum absolute atomic E-state index is 12.5. The number of rotatable bonds is 5. The van der Waals surface area contributed by atoms with Crippen LogP contribution in [0.5, 0.6) is 0 Å². The smallest absolute Gasteiger partial charge is 0.271 e. The van der Waals surface area contributed by atoms with Gasteiger partial charge in [-0.25, -0.2) is 0 Å². The van der Waals surface area contributed by atoms with Crippen LogP contribution in [0.25, 0.3) is 0 Å². The number of nitrogens with zero attached hydrogens (tertiary/aromatic N) is 3. The molecule has 2 rings (SSSR count). The van der Waals surface area contributed by atoms with Crippen LogP contribution in [0.2, 0.25) is 0 Å². The molecule has 1 aromatic rings. The molecule has 106 valence electrons. The van der Waals surface area contributed by atoms with Crippen molar-refractivity contribution >= 4 is 5.91 Å². The summed E-state index contributed by atoms with van der Waals surface area (Å²) in [5, 5.41) is 7.86. The lowest BCUT2D eigenvalue weighted by molar-refractivity contribution is 0.0771. The second-order valence-corrected chi connectivity index (χ2v) is 5.17. The number of hydrogen-bond donors (Lipinski definition) is 1. The van der Waals surface area contributed by atoms with Gasteiger partial charge in [-0.1, -0.05) is 6.92 Å². The van der Waals surface area contributed by atoms with Gasteiger partial charge >= 0.3 is 0 Å². The van der Waals surface area contributed by atoms with E-state index < -0.39 is 0 Å². The minimum absolute atomic E-state index is 0.0720. The number of carbonyl (C=O) groups is 1. The van der Waals surface area contributed by atoms with Gasteiger partial charge < -0.3 is 10.2 Å². The molecule has 19 heavy (non-hydrogen) atoms. The van der Waals surface area contributed by atoms with Crippen LogP contribution < -0.4 is 5.32 Å². The van der Waals surface area contributed by atoms with Gasteiger partial charge in [0.25, 0.3) is 5.91 Å². The Kier molecular flexibility index (Phi) is 4.58. The number of aryl methyl sites for hydroxylation is 2. The highest BCUT2D eigenvalue weighted by atomic mass is 16.2. The van der Waals surface area contributed by atoms with Gasteiger partial charge in [-0.15, -0.1) is 0 Å². The van der Waals surface area contributed by atoms with Crippen molar-refractivity contribution in [1.82, 2.24) is 20.0 Å². The Hall–Kier alpha value is -1.36. The number of amides is 1. The van der Waals surface area contributed by atoms with Crippen LogP contribution >= 0.6 is 0 Å². The first-order valence-electron chi connectivity index (χ1n) is 7.21. The molecule has 1 aromatic heterocycles. The van der Waals surface area contributed by atoms with Gasteiger partial charge in [0.05, 0.1) is 5.69 Å². The standard InChI is InChI=1S/C14H24N4O/c1-4-11-9-13(18(5-2)16-11)14(19)17(3)10-12-7-6-8-15-12/h9,12,15H,4-8,10H2,1-3H3. The lowest BCUT2D eigenvalue weighted by Crippen LogP contribution is -2.39. The van der Waals surface area contributed by atoms with Gasteiger partial charge in [-0.05, 0) is 38.8 Å². The van der Waals surface area contributed by atoms with Crippen LogP contribution in [0.4, 0.5) is 0 Å². The first-order chi connectivity index (χ1) is 9.15. The highest BCUT2D eigenvalue weighted by Crippen LogP contribution is 2.11. The molecule has 2 heterocycles. The normalized spacial score (nSPS) is 18.8. The number of nitrogens with one attached hydrogen (secondary N) is 1. The second-order valence-electron chi connectivity index (χ2n) is 5.17. The van der Waals surface area contributed by atoms with E-state index in [-0.39, 0.29) is 5.91 Å². The van der Waals surface area contributed by atoms with Crippen molar-refractivity contribution in [3.63, 3.8) is 0 Å². The predicted molar refractivity (Wildman–Crippen MR) is 75.3 cm³/mol. The molecule has 1 N–H and O–H groups in total. The molecule has 0 aromatic carbocycles. The molecule has 5 nitrogen and oxygen atoms in total. The Morgan fingerprint density at radius 2 is 2.37 bits per heavy atom. The van der Waals surface area contributed by atoms with Crippen LogP contribution in [-0.2, 0) is 13.0 Å². The molecule has 0 aliphatic carbocycles. The molecule has 0 bridgehead atoms. The van der Waals surface area contributed by atoms with E-state index in [4.69, 9.17) is 0 Å². The Labute approximate surface area is 115 Å². The SMILES string of the molecule is CCc1cc(C(=O)N(C)CC2CCCN2)n(CC)n1. The fraction of sp³-hybridized carbons (Fsp3) is 0.714. The zero-order valence-corrected chi connectivity index (χ0v) is 12.1. The number of aromatic nitrogens is 2. The molecule has 1 saturated heterocycles. The van der Waals surface area contributed by atoms with E-state index in [1.807, 2.05) is 24.9 Å². The van der Waals surface area contributed by atoms with Crippen LogP contribution in [-0.4, -0.2) is 46.8 Å². The molecule has 0 radical (unpaired) electrons. The van der Waals surface area contributed by atoms with E-state index in [0.717, 1.165) is 38.2 Å².